The van der Waals surface area contributed by atoms with Crippen LogP contribution < -0.4 is 26.4 Å². The van der Waals surface area contributed by atoms with Crippen molar-refractivity contribution in [3.8, 4) is 6.07 Å². The molecule has 3 unspecified atom stereocenters. The van der Waals surface area contributed by atoms with Crippen molar-refractivity contribution < 1.29 is 56.5 Å². The summed E-state index contributed by atoms with van der Waals surface area (Å²) >= 11 is 0. The molecule has 0 saturated heterocycles. The van der Waals surface area contributed by atoms with Crippen molar-refractivity contribution >= 4 is 57.3 Å². The van der Waals surface area contributed by atoms with E-state index in [0.29, 0.717) is 5.69 Å². The molecule has 4 amide bonds. The highest BCUT2D eigenvalue weighted by atomic mass is 32.2. The predicted molar refractivity (Wildman–Crippen MR) is 211 cm³/mol. The van der Waals surface area contributed by atoms with Crippen LogP contribution in [0.3, 0.4) is 0 Å². The number of ether oxygens (including phenoxy) is 3. The Morgan fingerprint density at radius 3 is 1.74 bits per heavy atom. The van der Waals surface area contributed by atoms with E-state index in [4.69, 9.17) is 19.3 Å². The smallest absolute Gasteiger partial charge is 0.319 e. The molecule has 0 fully saturated rings. The molecule has 7 N–H and O–H groups in total. The molecule has 0 aliphatic heterocycles. The van der Waals surface area contributed by atoms with Gasteiger partial charge in [0.05, 0.1) is 57.5 Å². The van der Waals surface area contributed by atoms with Crippen LogP contribution in [-0.4, -0.2) is 82.4 Å². The zero-order chi connectivity index (χ0) is 44.0. The van der Waals surface area contributed by atoms with Crippen LogP contribution in [0, 0.1) is 33.0 Å². The van der Waals surface area contributed by atoms with Crippen LogP contribution >= 0.6 is 0 Å². The van der Waals surface area contributed by atoms with E-state index in [1.165, 1.54) is 65.0 Å². The lowest BCUT2D eigenvalue weighted by Gasteiger charge is -2.42. The van der Waals surface area contributed by atoms with E-state index < -0.39 is 67.6 Å². The first kappa shape index (κ1) is 48.4. The summed E-state index contributed by atoms with van der Waals surface area (Å²) in [7, 11) is -3.93. The van der Waals surface area contributed by atoms with Gasteiger partial charge in [0.25, 0.3) is 0 Å². The number of para-hydroxylation sites is 1. The van der Waals surface area contributed by atoms with Gasteiger partial charge in [-0.1, -0.05) is 19.1 Å². The van der Waals surface area contributed by atoms with Crippen molar-refractivity contribution in [1.82, 2.24) is 10.6 Å². The van der Waals surface area contributed by atoms with Crippen LogP contribution in [0.15, 0.2) is 53.4 Å². The van der Waals surface area contributed by atoms with Crippen LogP contribution in [0.25, 0.3) is 0 Å². The van der Waals surface area contributed by atoms with E-state index in [1.807, 2.05) is 6.07 Å². The SMILES string of the molecule is CCOC(=O)C(C)(CC(C)(CC)C(=O)O)CC(C)(CC(C)(C)C(=O)OCCNC(=O)Nc1ccccc1C#N)C(=O)OCCNC(=O)Nc1ccc(S(N)(=O)=O)cc1. The zero-order valence-electron chi connectivity index (χ0n) is 33.9. The lowest BCUT2D eigenvalue weighted by Crippen LogP contribution is -2.47. The minimum atomic E-state index is -3.93. The maximum absolute atomic E-state index is 14.1. The molecule has 0 aromatic heterocycles. The number of carbonyl (C=O) groups excluding carboxylic acids is 5. The van der Waals surface area contributed by atoms with Crippen molar-refractivity contribution in [3.63, 3.8) is 0 Å². The number of sulfonamides is 1. The molecule has 2 aromatic rings. The molecule has 3 atom stereocenters. The Hall–Kier alpha value is -5.74. The molecule has 0 aliphatic rings. The summed E-state index contributed by atoms with van der Waals surface area (Å²) in [6.07, 6.45) is -0.614. The molecule has 0 aliphatic carbocycles. The van der Waals surface area contributed by atoms with Gasteiger partial charge < -0.3 is 40.6 Å². The summed E-state index contributed by atoms with van der Waals surface area (Å²) in [4.78, 5) is 78.3. The van der Waals surface area contributed by atoms with Crippen LogP contribution in [-0.2, 0) is 43.4 Å². The van der Waals surface area contributed by atoms with E-state index in [0.717, 1.165) is 0 Å². The molecule has 318 valence electrons. The summed E-state index contributed by atoms with van der Waals surface area (Å²) in [5, 5.41) is 34.6. The zero-order valence-corrected chi connectivity index (χ0v) is 34.7. The number of benzene rings is 2. The maximum Gasteiger partial charge on any atom is 0.319 e. The quantitative estimate of drug-likeness (QED) is 0.0575. The number of nitrogens with one attached hydrogen (secondary N) is 4. The van der Waals surface area contributed by atoms with Crippen LogP contribution in [0.2, 0.25) is 0 Å². The summed E-state index contributed by atoms with van der Waals surface area (Å²) in [6.45, 7) is 9.88. The van der Waals surface area contributed by atoms with Gasteiger partial charge in [0.15, 0.2) is 0 Å². The van der Waals surface area contributed by atoms with Gasteiger partial charge in [0, 0.05) is 5.69 Å². The number of rotatable bonds is 21. The standard InChI is InChI=1S/C39H54N6O12S/c1-8-37(5,30(46)47)24-39(7,32(49)55-9-2)25-38(6,33(50)57-21-19-42-34(51)44-27-14-16-28(17-15-27)58(41,53)54)23-36(3,4)31(48)56-20-18-43-35(52)45-29-13-11-10-12-26(29)22-40/h10-17H,8-9,18-21,23-25H2,1-7H3,(H,46,47)(H2,41,53,54)(H2,42,44,51)(H2,43,45,52). The van der Waals surface area contributed by atoms with Gasteiger partial charge in [-0.2, -0.15) is 5.26 Å². The first-order valence-corrected chi connectivity index (χ1v) is 20.0. The van der Waals surface area contributed by atoms with E-state index in [-0.39, 0.29) is 74.7 Å². The lowest BCUT2D eigenvalue weighted by molar-refractivity contribution is -0.171. The molecule has 0 bridgehead atoms. The second-order valence-corrected chi connectivity index (χ2v) is 16.8. The minimum Gasteiger partial charge on any atom is -0.481 e. The average molecular weight is 831 g/mol. The van der Waals surface area contributed by atoms with E-state index >= 15 is 0 Å². The Morgan fingerprint density at radius 1 is 0.724 bits per heavy atom. The van der Waals surface area contributed by atoms with Crippen LogP contribution in [0.5, 0.6) is 0 Å². The van der Waals surface area contributed by atoms with Gasteiger partial charge in [-0.25, -0.2) is 23.1 Å². The van der Waals surface area contributed by atoms with Crippen molar-refractivity contribution in [3.05, 3.63) is 54.1 Å². The van der Waals surface area contributed by atoms with E-state index in [2.05, 4.69) is 21.3 Å². The fourth-order valence-electron chi connectivity index (χ4n) is 6.59. The number of amides is 4. The molecule has 0 heterocycles. The average Bonchev–Trinajstić information content (AvgIpc) is 3.14. The summed E-state index contributed by atoms with van der Waals surface area (Å²) in [5.41, 5.74) is -5.21. The molecule has 0 radical (unpaired) electrons. The maximum atomic E-state index is 14.1. The normalized spacial score (nSPS) is 14.5. The third-order valence-corrected chi connectivity index (χ3v) is 10.4. The Morgan fingerprint density at radius 2 is 1.22 bits per heavy atom. The number of primary sulfonamides is 1. The van der Waals surface area contributed by atoms with E-state index in [9.17, 15) is 47.6 Å². The van der Waals surface area contributed by atoms with Gasteiger partial charge in [-0.05, 0) is 104 Å². The second kappa shape index (κ2) is 20.6. The number of nitrogens with two attached hydrogens (primary N) is 1. The highest BCUT2D eigenvalue weighted by Crippen LogP contribution is 2.49. The number of carboxylic acids is 1. The monoisotopic (exact) mass is 830 g/mol. The number of aliphatic carboxylic acids is 1. The number of urea groups is 2. The number of hydrogen-bond acceptors (Lipinski definition) is 12. The molecular formula is C39H54N6O12S. The minimum absolute atomic E-state index is 0.0236. The fraction of sp³-hybridized carbons (Fsp3) is 0.513. The summed E-state index contributed by atoms with van der Waals surface area (Å²) in [5.74, 6) is -3.50. The van der Waals surface area contributed by atoms with Gasteiger partial charge in [-0.15, -0.1) is 0 Å². The number of carboxylic acid groups (broad SMARTS) is 1. The van der Waals surface area contributed by atoms with Gasteiger partial charge in [-0.3, -0.25) is 19.2 Å². The van der Waals surface area contributed by atoms with E-state index in [1.54, 1.807) is 32.0 Å². The summed E-state index contributed by atoms with van der Waals surface area (Å²) < 4.78 is 39.5. The number of anilines is 2. The topological polar surface area (TPSA) is 282 Å². The number of carbonyl (C=O) groups is 6. The van der Waals surface area contributed by atoms with Gasteiger partial charge in [0.1, 0.15) is 19.3 Å². The molecule has 0 saturated carbocycles. The van der Waals surface area contributed by atoms with Crippen molar-refractivity contribution in [2.75, 3.05) is 43.5 Å². The molecule has 19 heteroatoms. The van der Waals surface area contributed by atoms with Gasteiger partial charge >= 0.3 is 35.9 Å². The number of esters is 3. The number of hydrogen-bond donors (Lipinski definition) is 6. The van der Waals surface area contributed by atoms with Gasteiger partial charge in [0.2, 0.25) is 10.0 Å². The third-order valence-electron chi connectivity index (χ3n) is 9.48. The first-order valence-electron chi connectivity index (χ1n) is 18.4. The predicted octanol–water partition coefficient (Wildman–Crippen LogP) is 4.51. The second-order valence-electron chi connectivity index (χ2n) is 15.2. The largest absolute Gasteiger partial charge is 0.481 e. The van der Waals surface area contributed by atoms with Crippen molar-refractivity contribution in [1.29, 1.82) is 5.26 Å². The molecule has 18 nitrogen and oxygen atoms in total. The Bertz CT molecular complexity index is 1970. The molecule has 58 heavy (non-hydrogen) atoms. The molecular weight excluding hydrogens is 777 g/mol. The fourth-order valence-corrected chi connectivity index (χ4v) is 7.10. The molecule has 2 aromatic carbocycles. The number of nitriles is 1. The Labute approximate surface area is 338 Å². The van der Waals surface area contributed by atoms with Crippen molar-refractivity contribution in [2.45, 2.75) is 79.0 Å². The van der Waals surface area contributed by atoms with Crippen LogP contribution in [0.4, 0.5) is 21.0 Å². The van der Waals surface area contributed by atoms with Crippen molar-refractivity contribution in [2.24, 2.45) is 26.8 Å². The molecule has 2 rings (SSSR count). The number of nitrogens with zero attached hydrogens (tertiary/aromatic N) is 1. The van der Waals surface area contributed by atoms with Crippen LogP contribution in [0.1, 0.15) is 79.7 Å². The Kier molecular flexibility index (Phi) is 17.2. The third kappa shape index (κ3) is 14.0. The molecule has 0 spiro atoms. The first-order chi connectivity index (χ1) is 26.9. The Balaban J connectivity index is 2.24. The lowest BCUT2D eigenvalue weighted by atomic mass is 9.61. The summed E-state index contributed by atoms with van der Waals surface area (Å²) in [6, 6.07) is 12.1. The highest BCUT2D eigenvalue weighted by molar-refractivity contribution is 7.89. The highest BCUT2D eigenvalue weighted by Gasteiger charge is 2.53.